The number of hydrogen-bond donors (Lipinski definition) is 0. The van der Waals surface area contributed by atoms with E-state index in [-0.39, 0.29) is 5.91 Å². The van der Waals surface area contributed by atoms with Gasteiger partial charge in [0.2, 0.25) is 0 Å². The van der Waals surface area contributed by atoms with Gasteiger partial charge in [-0.1, -0.05) is 42.5 Å². The van der Waals surface area contributed by atoms with E-state index in [2.05, 4.69) is 39.1 Å². The maximum absolute atomic E-state index is 12.6. The zero-order valence-electron chi connectivity index (χ0n) is 18.0. The van der Waals surface area contributed by atoms with Crippen molar-refractivity contribution in [2.75, 3.05) is 39.9 Å². The average molecular weight is 448 g/mol. The van der Waals surface area contributed by atoms with E-state index >= 15 is 0 Å². The van der Waals surface area contributed by atoms with Crippen molar-refractivity contribution in [3.05, 3.63) is 76.2 Å². The van der Waals surface area contributed by atoms with Gasteiger partial charge in [0.1, 0.15) is 6.61 Å². The maximum atomic E-state index is 12.6. The Morgan fingerprint density at radius 1 is 1.09 bits per heavy atom. The molecule has 0 N–H and O–H groups in total. The number of nitrogens with zero attached hydrogens (tertiary/aromatic N) is 3. The number of amides is 1. The Labute approximate surface area is 192 Å². The van der Waals surface area contributed by atoms with E-state index in [1.165, 1.54) is 17.3 Å². The van der Waals surface area contributed by atoms with Gasteiger partial charge in [-0.2, -0.15) is 4.99 Å². The van der Waals surface area contributed by atoms with Crippen molar-refractivity contribution >= 4 is 28.9 Å². The van der Waals surface area contributed by atoms with Gasteiger partial charge in [0.25, 0.3) is 5.91 Å². The Morgan fingerprint density at radius 2 is 1.91 bits per heavy atom. The Hall–Kier alpha value is -3.03. The molecule has 2 aromatic carbocycles. The molecule has 0 aromatic heterocycles. The van der Waals surface area contributed by atoms with Crippen molar-refractivity contribution < 1.29 is 14.3 Å². The van der Waals surface area contributed by atoms with Crippen molar-refractivity contribution in [3.63, 3.8) is 0 Å². The summed E-state index contributed by atoms with van der Waals surface area (Å²) in [7, 11) is 1.63. The first-order valence-electron chi connectivity index (χ1n) is 10.7. The molecule has 1 fully saturated rings. The summed E-state index contributed by atoms with van der Waals surface area (Å²) >= 11 is 1.46. The summed E-state index contributed by atoms with van der Waals surface area (Å²) in [5, 5.41) is 0.806. The second kappa shape index (κ2) is 9.22. The molecule has 3 aliphatic heterocycles. The summed E-state index contributed by atoms with van der Waals surface area (Å²) in [6, 6.07) is 16.3. The zero-order valence-corrected chi connectivity index (χ0v) is 18.8. The lowest BCUT2D eigenvalue weighted by atomic mass is 10.1. The molecule has 0 unspecified atom stereocenters. The van der Waals surface area contributed by atoms with E-state index in [1.54, 1.807) is 7.11 Å². The van der Waals surface area contributed by atoms with Crippen LogP contribution in [0.25, 0.3) is 6.08 Å². The summed E-state index contributed by atoms with van der Waals surface area (Å²) in [5.74, 6) is 1.29. The third-order valence-corrected chi connectivity index (χ3v) is 6.82. The molecule has 0 saturated carbocycles. The normalized spacial score (nSPS) is 20.0. The molecule has 0 atom stereocenters. The number of carbonyl (C=O) groups is 1. The van der Waals surface area contributed by atoms with E-state index in [4.69, 9.17) is 9.47 Å². The van der Waals surface area contributed by atoms with Crippen molar-refractivity contribution in [1.82, 2.24) is 9.80 Å². The molecule has 164 valence electrons. The van der Waals surface area contributed by atoms with Crippen LogP contribution in [-0.2, 0) is 11.3 Å². The second-order valence-corrected chi connectivity index (χ2v) is 8.95. The lowest BCUT2D eigenvalue weighted by Crippen LogP contribution is -2.47. The number of piperazine rings is 1. The molecular formula is C25H25N3O3S. The van der Waals surface area contributed by atoms with Crippen LogP contribution in [0.2, 0.25) is 0 Å². The van der Waals surface area contributed by atoms with Crippen LogP contribution in [0.15, 0.2) is 70.1 Å². The largest absolute Gasteiger partial charge is 0.493 e. The van der Waals surface area contributed by atoms with Gasteiger partial charge in [0.05, 0.1) is 12.0 Å². The van der Waals surface area contributed by atoms with Crippen LogP contribution in [0.4, 0.5) is 0 Å². The molecule has 0 aliphatic carbocycles. The van der Waals surface area contributed by atoms with E-state index < -0.39 is 0 Å². The van der Waals surface area contributed by atoms with Gasteiger partial charge in [-0.05, 0) is 41.1 Å². The Kier molecular flexibility index (Phi) is 6.01. The van der Waals surface area contributed by atoms with E-state index in [9.17, 15) is 4.79 Å². The predicted molar refractivity (Wildman–Crippen MR) is 128 cm³/mol. The molecule has 3 aliphatic rings. The van der Waals surface area contributed by atoms with Gasteiger partial charge in [-0.25, -0.2) is 0 Å². The lowest BCUT2D eigenvalue weighted by Gasteiger charge is -2.35. The molecule has 32 heavy (non-hydrogen) atoms. The fourth-order valence-corrected chi connectivity index (χ4v) is 5.06. The standard InChI is InChI=1S/C25H25N3O3S/c1-30-21-9-5-8-20-14-19(17-31-23(20)21)15-22-24(29)26-25(32-22)28-12-10-27(11-13-28)16-18-6-3-2-4-7-18/h2-9,14-15H,10-13,16-17H2,1H3/b22-15-. The first-order chi connectivity index (χ1) is 15.7. The quantitative estimate of drug-likeness (QED) is 0.665. The van der Waals surface area contributed by atoms with Gasteiger partial charge >= 0.3 is 0 Å². The minimum atomic E-state index is -0.172. The minimum absolute atomic E-state index is 0.172. The van der Waals surface area contributed by atoms with Crippen LogP contribution >= 0.6 is 11.8 Å². The molecule has 7 heteroatoms. The Balaban J connectivity index is 1.21. The van der Waals surface area contributed by atoms with Gasteiger partial charge in [0.15, 0.2) is 16.7 Å². The monoisotopic (exact) mass is 447 g/mol. The first kappa shape index (κ1) is 20.8. The number of ether oxygens (including phenoxy) is 2. The number of carbonyl (C=O) groups excluding carboxylic acids is 1. The van der Waals surface area contributed by atoms with Gasteiger partial charge in [-0.3, -0.25) is 9.69 Å². The summed E-state index contributed by atoms with van der Waals surface area (Å²) in [4.78, 5) is 22.2. The molecule has 6 nitrogen and oxygen atoms in total. The van der Waals surface area contributed by atoms with Crippen LogP contribution in [0.5, 0.6) is 11.5 Å². The molecule has 0 spiro atoms. The number of methoxy groups -OCH3 is 1. The lowest BCUT2D eigenvalue weighted by molar-refractivity contribution is -0.113. The second-order valence-electron chi connectivity index (χ2n) is 7.95. The number of thioether (sulfide) groups is 1. The van der Waals surface area contributed by atoms with Crippen molar-refractivity contribution in [2.24, 2.45) is 4.99 Å². The fourth-order valence-electron chi connectivity index (χ4n) is 4.08. The average Bonchev–Trinajstić information content (AvgIpc) is 3.19. The van der Waals surface area contributed by atoms with Crippen LogP contribution < -0.4 is 9.47 Å². The van der Waals surface area contributed by atoms with Gasteiger partial charge < -0.3 is 14.4 Å². The number of fused-ring (bicyclic) bond motifs is 1. The van der Waals surface area contributed by atoms with Crippen LogP contribution in [-0.4, -0.2) is 60.8 Å². The Bertz CT molecular complexity index is 1100. The molecule has 1 saturated heterocycles. The number of amidine groups is 1. The predicted octanol–water partition coefficient (Wildman–Crippen LogP) is 3.80. The van der Waals surface area contributed by atoms with Crippen LogP contribution in [0.3, 0.4) is 0 Å². The summed E-state index contributed by atoms with van der Waals surface area (Å²) in [6.45, 7) is 5.02. The van der Waals surface area contributed by atoms with E-state index in [1.807, 2.05) is 36.4 Å². The number of rotatable bonds is 4. The highest BCUT2D eigenvalue weighted by Crippen LogP contribution is 2.37. The molecule has 1 amide bonds. The number of hydrogen-bond acceptors (Lipinski definition) is 6. The van der Waals surface area contributed by atoms with Crippen LogP contribution in [0.1, 0.15) is 11.1 Å². The first-order valence-corrected chi connectivity index (χ1v) is 11.6. The molecule has 3 heterocycles. The summed E-state index contributed by atoms with van der Waals surface area (Å²) in [6.07, 6.45) is 3.94. The van der Waals surface area contributed by atoms with Crippen LogP contribution in [0, 0.1) is 0 Å². The highest BCUT2D eigenvalue weighted by Gasteiger charge is 2.29. The van der Waals surface area contributed by atoms with E-state index in [0.717, 1.165) is 54.8 Å². The smallest absolute Gasteiger partial charge is 0.286 e. The molecule has 5 rings (SSSR count). The summed E-state index contributed by atoms with van der Waals surface area (Å²) < 4.78 is 11.3. The maximum Gasteiger partial charge on any atom is 0.286 e. The van der Waals surface area contributed by atoms with Gasteiger partial charge in [-0.15, -0.1) is 0 Å². The number of benzene rings is 2. The molecule has 0 bridgehead atoms. The highest BCUT2D eigenvalue weighted by molar-refractivity contribution is 8.18. The van der Waals surface area contributed by atoms with Gasteiger partial charge in [0, 0.05) is 38.3 Å². The third kappa shape index (κ3) is 4.45. The van der Waals surface area contributed by atoms with Crippen molar-refractivity contribution in [1.29, 1.82) is 0 Å². The third-order valence-electron chi connectivity index (χ3n) is 5.77. The number of aliphatic imine (C=N–C) groups is 1. The summed E-state index contributed by atoms with van der Waals surface area (Å²) in [5.41, 5.74) is 3.23. The Morgan fingerprint density at radius 3 is 2.69 bits per heavy atom. The highest BCUT2D eigenvalue weighted by atomic mass is 32.2. The fraction of sp³-hybridized carbons (Fsp3) is 0.280. The van der Waals surface area contributed by atoms with E-state index in [0.29, 0.717) is 17.3 Å². The molecular weight excluding hydrogens is 422 g/mol. The number of para-hydroxylation sites is 1. The SMILES string of the molecule is COc1cccc2c1OCC(/C=C1\SC(N3CCN(Cc4ccccc4)CC3)=NC1=O)=C2. The molecule has 2 aromatic rings. The van der Waals surface area contributed by atoms with Crippen molar-refractivity contribution in [3.8, 4) is 11.5 Å². The topological polar surface area (TPSA) is 54.4 Å². The minimum Gasteiger partial charge on any atom is -0.493 e. The van der Waals surface area contributed by atoms with Crippen molar-refractivity contribution in [2.45, 2.75) is 6.54 Å². The molecule has 0 radical (unpaired) electrons. The zero-order chi connectivity index (χ0) is 21.9.